The highest BCUT2D eigenvalue weighted by molar-refractivity contribution is 7.45. The first kappa shape index (κ1) is 17.3. The van der Waals surface area contributed by atoms with Gasteiger partial charge in [-0.25, -0.2) is 9.13 Å². The van der Waals surface area contributed by atoms with E-state index in [9.17, 15) is 9.46 Å². The van der Waals surface area contributed by atoms with Crippen LogP contribution < -0.4 is 9.46 Å². The Morgan fingerprint density at radius 1 is 1.33 bits per heavy atom. The molecule has 0 aromatic carbocycles. The lowest BCUT2D eigenvalue weighted by Crippen LogP contribution is -2.30. The summed E-state index contributed by atoms with van der Waals surface area (Å²) < 4.78 is 22.1. The SMILES string of the molecule is CCCC[n+]1ccn(CC)c1.COP(=O)([O-])OC. The monoisotopic (exact) mass is 278 g/mol. The largest absolute Gasteiger partial charge is 0.756 e. The summed E-state index contributed by atoms with van der Waals surface area (Å²) in [6, 6.07) is 0. The first-order valence-corrected chi connectivity index (χ1v) is 7.42. The van der Waals surface area contributed by atoms with Crippen LogP contribution in [0.25, 0.3) is 0 Å². The predicted molar refractivity (Wildman–Crippen MR) is 66.8 cm³/mol. The highest BCUT2D eigenvalue weighted by Gasteiger charge is 1.99. The van der Waals surface area contributed by atoms with Gasteiger partial charge in [0.25, 0.3) is 7.82 Å². The molecule has 0 aliphatic heterocycles. The number of phosphoric ester groups is 1. The van der Waals surface area contributed by atoms with Crippen LogP contribution in [-0.4, -0.2) is 18.8 Å². The van der Waals surface area contributed by atoms with Crippen molar-refractivity contribution in [3.05, 3.63) is 18.7 Å². The molecule has 0 N–H and O–H groups in total. The molecule has 7 heteroatoms. The van der Waals surface area contributed by atoms with Gasteiger partial charge in [0.1, 0.15) is 12.4 Å². The van der Waals surface area contributed by atoms with Crippen molar-refractivity contribution in [2.24, 2.45) is 0 Å². The zero-order chi connectivity index (χ0) is 14.0. The molecule has 0 atom stereocenters. The van der Waals surface area contributed by atoms with Crippen LogP contribution in [0.3, 0.4) is 0 Å². The van der Waals surface area contributed by atoms with E-state index >= 15 is 0 Å². The molecule has 0 aliphatic carbocycles. The number of phosphoric acid groups is 1. The van der Waals surface area contributed by atoms with Crippen LogP contribution in [0.15, 0.2) is 18.7 Å². The van der Waals surface area contributed by atoms with Crippen molar-refractivity contribution in [1.82, 2.24) is 4.57 Å². The van der Waals surface area contributed by atoms with Gasteiger partial charge in [0.2, 0.25) is 6.33 Å². The molecule has 6 nitrogen and oxygen atoms in total. The van der Waals surface area contributed by atoms with Gasteiger partial charge in [0, 0.05) is 14.2 Å². The Balaban J connectivity index is 0.000000360. The molecule has 0 saturated heterocycles. The fourth-order valence-electron chi connectivity index (χ4n) is 1.17. The van der Waals surface area contributed by atoms with Crippen LogP contribution in [0, 0.1) is 0 Å². The van der Waals surface area contributed by atoms with E-state index in [2.05, 4.69) is 50.8 Å². The minimum Gasteiger partial charge on any atom is -0.756 e. The van der Waals surface area contributed by atoms with E-state index in [4.69, 9.17) is 0 Å². The summed E-state index contributed by atoms with van der Waals surface area (Å²) in [5.41, 5.74) is 0. The Labute approximate surface area is 109 Å². The van der Waals surface area contributed by atoms with Crippen LogP contribution in [0.1, 0.15) is 26.7 Å². The zero-order valence-electron chi connectivity index (χ0n) is 11.5. The number of nitrogens with zero attached hydrogens (tertiary/aromatic N) is 2. The first-order valence-electron chi connectivity index (χ1n) is 5.96. The zero-order valence-corrected chi connectivity index (χ0v) is 12.4. The average Bonchev–Trinajstić information content (AvgIpc) is 2.85. The molecular formula is C11H23N2O4P. The van der Waals surface area contributed by atoms with Crippen LogP contribution in [0.2, 0.25) is 0 Å². The molecule has 0 fully saturated rings. The lowest BCUT2D eigenvalue weighted by molar-refractivity contribution is -0.696. The molecule has 18 heavy (non-hydrogen) atoms. The van der Waals surface area contributed by atoms with Gasteiger partial charge in [-0.05, 0) is 13.3 Å². The van der Waals surface area contributed by atoms with Crippen LogP contribution in [-0.2, 0) is 26.7 Å². The summed E-state index contributed by atoms with van der Waals surface area (Å²) in [7, 11) is -1.83. The summed E-state index contributed by atoms with van der Waals surface area (Å²) in [4.78, 5) is 9.95. The molecule has 0 spiro atoms. The third-order valence-corrected chi connectivity index (χ3v) is 3.22. The highest BCUT2D eigenvalue weighted by atomic mass is 31.2. The maximum atomic E-state index is 9.95. The van der Waals surface area contributed by atoms with E-state index in [1.54, 1.807) is 0 Å². The summed E-state index contributed by atoms with van der Waals surface area (Å²) in [6.45, 7) is 6.60. The van der Waals surface area contributed by atoms with Gasteiger partial charge in [0.15, 0.2) is 0 Å². The summed E-state index contributed by atoms with van der Waals surface area (Å²) in [6.07, 6.45) is 8.97. The number of unbranched alkanes of at least 4 members (excludes halogenated alkanes) is 1. The fourth-order valence-corrected chi connectivity index (χ4v) is 1.32. The van der Waals surface area contributed by atoms with Crippen molar-refractivity contribution in [3.63, 3.8) is 0 Å². The van der Waals surface area contributed by atoms with E-state index in [1.165, 1.54) is 12.8 Å². The predicted octanol–water partition coefficient (Wildman–Crippen LogP) is 1.34. The smallest absolute Gasteiger partial charge is 0.267 e. The summed E-state index contributed by atoms with van der Waals surface area (Å²) >= 11 is 0. The van der Waals surface area contributed by atoms with E-state index in [1.807, 2.05) is 0 Å². The average molecular weight is 278 g/mol. The molecule has 0 unspecified atom stereocenters. The summed E-state index contributed by atoms with van der Waals surface area (Å²) in [5, 5.41) is 0. The number of aryl methyl sites for hydroxylation is 2. The van der Waals surface area contributed by atoms with E-state index < -0.39 is 7.82 Å². The molecule has 0 aliphatic rings. The minimum atomic E-state index is -3.90. The molecular weight excluding hydrogens is 255 g/mol. The van der Waals surface area contributed by atoms with Gasteiger partial charge in [-0.2, -0.15) is 0 Å². The van der Waals surface area contributed by atoms with Crippen LogP contribution in [0.5, 0.6) is 0 Å². The van der Waals surface area contributed by atoms with Crippen LogP contribution >= 0.6 is 7.82 Å². The maximum Gasteiger partial charge on any atom is 0.267 e. The molecule has 106 valence electrons. The molecule has 0 amide bonds. The van der Waals surface area contributed by atoms with E-state index in [-0.39, 0.29) is 0 Å². The maximum absolute atomic E-state index is 9.95. The van der Waals surface area contributed by atoms with Crippen molar-refractivity contribution in [1.29, 1.82) is 0 Å². The van der Waals surface area contributed by atoms with Crippen LogP contribution in [0.4, 0.5) is 0 Å². The van der Waals surface area contributed by atoms with Gasteiger partial charge in [-0.3, -0.25) is 4.57 Å². The quantitative estimate of drug-likeness (QED) is 0.582. The van der Waals surface area contributed by atoms with Crippen molar-refractivity contribution in [2.45, 2.75) is 39.8 Å². The first-order chi connectivity index (χ1) is 8.49. The number of hydrogen-bond acceptors (Lipinski definition) is 4. The third-order valence-electron chi connectivity index (χ3n) is 2.33. The second kappa shape index (κ2) is 9.28. The number of hydrogen-bond donors (Lipinski definition) is 0. The van der Waals surface area contributed by atoms with Gasteiger partial charge >= 0.3 is 0 Å². The molecule has 1 heterocycles. The molecule has 0 radical (unpaired) electrons. The normalized spacial score (nSPS) is 10.9. The topological polar surface area (TPSA) is 67.4 Å². The Kier molecular flexibility index (Phi) is 8.93. The Morgan fingerprint density at radius 3 is 2.28 bits per heavy atom. The molecule has 1 rings (SSSR count). The molecule has 0 bridgehead atoms. The van der Waals surface area contributed by atoms with Gasteiger partial charge in [-0.1, -0.05) is 13.3 Å². The van der Waals surface area contributed by atoms with E-state index in [0.717, 1.165) is 27.3 Å². The number of imidazole rings is 1. The Morgan fingerprint density at radius 2 is 1.94 bits per heavy atom. The van der Waals surface area contributed by atoms with Gasteiger partial charge in [0.05, 0.1) is 13.1 Å². The summed E-state index contributed by atoms with van der Waals surface area (Å²) in [5.74, 6) is 0. The Bertz CT molecular complexity index is 360. The van der Waals surface area contributed by atoms with Crippen molar-refractivity contribution in [3.8, 4) is 0 Å². The third kappa shape index (κ3) is 7.61. The molecule has 1 aromatic heterocycles. The van der Waals surface area contributed by atoms with Crippen molar-refractivity contribution < 1.29 is 23.1 Å². The lowest BCUT2D eigenvalue weighted by Gasteiger charge is -2.16. The van der Waals surface area contributed by atoms with Gasteiger partial charge in [-0.15, -0.1) is 0 Å². The molecule has 0 saturated carbocycles. The lowest BCUT2D eigenvalue weighted by atomic mass is 10.3. The Hall–Kier alpha value is -0.680. The second-order valence-corrected chi connectivity index (χ2v) is 5.27. The standard InChI is InChI=1S/C9H17N2.C2H7O4P/c1-3-5-6-11-8-7-10(4-2)9-11;1-5-7(3,4)6-2/h7-9H,3-6H2,1-2H3;1-2H3,(H,3,4)/q+1;/p-1. The number of rotatable bonds is 6. The highest BCUT2D eigenvalue weighted by Crippen LogP contribution is 2.34. The van der Waals surface area contributed by atoms with Gasteiger partial charge < -0.3 is 13.9 Å². The molecule has 1 aromatic rings. The van der Waals surface area contributed by atoms with Crippen molar-refractivity contribution >= 4 is 7.82 Å². The van der Waals surface area contributed by atoms with Crippen molar-refractivity contribution in [2.75, 3.05) is 14.2 Å². The number of aromatic nitrogens is 2. The van der Waals surface area contributed by atoms with E-state index in [0.29, 0.717) is 0 Å². The second-order valence-electron chi connectivity index (χ2n) is 3.65. The minimum absolute atomic E-state index is 1.04. The fraction of sp³-hybridized carbons (Fsp3) is 0.727.